The molecular weight excluding hydrogens is 184 g/mol. The minimum atomic E-state index is -0.889. The summed E-state index contributed by atoms with van der Waals surface area (Å²) in [6, 6.07) is 0. The van der Waals surface area contributed by atoms with Crippen LogP contribution < -0.4 is 4.35 Å². The van der Waals surface area contributed by atoms with Crippen LogP contribution in [0.5, 0.6) is 0 Å². The van der Waals surface area contributed by atoms with Crippen molar-refractivity contribution >= 4 is 51.5 Å². The maximum Gasteiger partial charge on any atom is 0.313 e. The number of hydrogen-bond acceptors (Lipinski definition) is 2. The second-order valence-electron chi connectivity index (χ2n) is 0.297. The summed E-state index contributed by atoms with van der Waals surface area (Å²) >= 11 is 17.8. The molecule has 0 unspecified atom stereocenters. The van der Waals surface area contributed by atoms with Crippen LogP contribution in [0.1, 0.15) is 0 Å². The van der Waals surface area contributed by atoms with Gasteiger partial charge in [-0.05, 0) is 46.8 Å². The first kappa shape index (κ1) is 10.7. The van der Waals surface area contributed by atoms with Crippen LogP contribution in [0.15, 0.2) is 0 Å². The fourth-order valence-corrected chi connectivity index (χ4v) is 0. The van der Waals surface area contributed by atoms with Crippen molar-refractivity contribution in [3.63, 3.8) is 0 Å². The molecule has 0 radical (unpaired) electrons. The molecule has 0 rings (SSSR count). The van der Waals surface area contributed by atoms with Crippen LogP contribution in [0, 0.1) is 0 Å². The van der Waals surface area contributed by atoms with Gasteiger partial charge in [0.05, 0.1) is 0 Å². The number of carbonyl (C=O) groups excluding carboxylic acids is 1. The fourth-order valence-electron chi connectivity index (χ4n) is 0. The van der Waals surface area contributed by atoms with E-state index in [4.69, 9.17) is 4.79 Å². The lowest BCUT2D eigenvalue weighted by molar-refractivity contribution is 0.275. The van der Waals surface area contributed by atoms with Gasteiger partial charge in [0.25, 0.3) is 0 Å². The van der Waals surface area contributed by atoms with Gasteiger partial charge in [-0.15, -0.1) is 4.35 Å². The van der Waals surface area contributed by atoms with Crippen molar-refractivity contribution in [1.29, 1.82) is 0 Å². The molecule has 0 aliphatic rings. The molecule has 1 N–H and O–H groups in total. The Balaban J connectivity index is 0. The molecule has 0 aromatic rings. The van der Waals surface area contributed by atoms with Gasteiger partial charge < -0.3 is 0 Å². The average molecular weight is 185 g/mol. The molecule has 0 atom stereocenters. The monoisotopic (exact) mass is 183 g/mol. The molecule has 0 heterocycles. The zero-order valence-corrected chi connectivity index (χ0v) is 5.94. The van der Waals surface area contributed by atoms with Crippen LogP contribution in [-0.4, -0.2) is 4.70 Å². The predicted octanol–water partition coefficient (Wildman–Crippen LogP) is 2.47. The van der Waals surface area contributed by atoms with Gasteiger partial charge in [0.15, 0.2) is 0 Å². The highest BCUT2D eigenvalue weighted by Crippen LogP contribution is 1.84. The second-order valence-corrected chi connectivity index (χ2v) is 1.75. The van der Waals surface area contributed by atoms with Crippen LogP contribution in [0.25, 0.3) is 0 Å². The van der Waals surface area contributed by atoms with Gasteiger partial charge in [-0.2, -0.15) is 0 Å². The Morgan fingerprint density at radius 1 is 1.29 bits per heavy atom. The zero-order chi connectivity index (χ0) is 6.28. The molecule has 0 fully saturated rings. The third kappa shape index (κ3) is 250. The smallest absolute Gasteiger partial charge is 0.262 e. The van der Waals surface area contributed by atoms with Crippen LogP contribution in [-0.2, 0) is 0 Å². The van der Waals surface area contributed by atoms with Crippen LogP contribution in [0.2, 0.25) is 0 Å². The minimum absolute atomic E-state index is 0.889. The van der Waals surface area contributed by atoms with Gasteiger partial charge in [0.2, 0.25) is 0 Å². The molecule has 0 aromatic heterocycles. The van der Waals surface area contributed by atoms with E-state index >= 15 is 0 Å². The van der Waals surface area contributed by atoms with Gasteiger partial charge in [0, 0.05) is 0 Å². The largest absolute Gasteiger partial charge is 0.313 e. The third-order valence-electron chi connectivity index (χ3n) is 0. The summed E-state index contributed by atoms with van der Waals surface area (Å²) in [7, 11) is 0. The lowest BCUT2D eigenvalue weighted by Gasteiger charge is -1.49. The van der Waals surface area contributed by atoms with E-state index in [2.05, 4.69) is 46.8 Å². The molecule has 0 aromatic carbocycles. The summed E-state index contributed by atoms with van der Waals surface area (Å²) < 4.78 is 0.806. The van der Waals surface area contributed by atoms with E-state index in [0.717, 1.165) is 0 Å². The summed E-state index contributed by atoms with van der Waals surface area (Å²) in [6.07, 6.45) is 0. The van der Waals surface area contributed by atoms with Gasteiger partial charge in [0.1, 0.15) is 0 Å². The van der Waals surface area contributed by atoms with Crippen molar-refractivity contribution < 1.29 is 4.79 Å². The van der Waals surface area contributed by atoms with Crippen molar-refractivity contribution in [3.05, 3.63) is 0 Å². The summed E-state index contributed by atoms with van der Waals surface area (Å²) in [6.45, 7) is 0. The highest BCUT2D eigenvalue weighted by Gasteiger charge is 1.72. The highest BCUT2D eigenvalue weighted by atomic mass is 35.5. The number of nitrogens with one attached hydrogen (secondary N) is 1. The molecule has 0 aliphatic carbocycles. The Morgan fingerprint density at radius 2 is 1.29 bits per heavy atom. The molecule has 6 heteroatoms. The molecule has 2 nitrogen and oxygen atoms in total. The van der Waals surface area contributed by atoms with E-state index in [1.165, 1.54) is 0 Å². The molecule has 7 heavy (non-hydrogen) atoms. The van der Waals surface area contributed by atoms with Crippen LogP contribution >= 0.6 is 46.8 Å². The number of halogens is 4. The van der Waals surface area contributed by atoms with Crippen molar-refractivity contribution in [2.75, 3.05) is 0 Å². The van der Waals surface area contributed by atoms with E-state index in [0.29, 0.717) is 0 Å². The fraction of sp³-hybridized carbons (Fsp3) is 0. The molecule has 0 aliphatic heterocycles. The second kappa shape index (κ2) is 9.92. The Bertz CT molecular complexity index is 43.0. The van der Waals surface area contributed by atoms with Crippen molar-refractivity contribution in [2.45, 2.75) is 0 Å². The van der Waals surface area contributed by atoms with Gasteiger partial charge in [-0.1, -0.05) is 0 Å². The molecule has 0 bridgehead atoms. The molecule has 44 valence electrons. The molecule has 0 saturated heterocycles. The minimum Gasteiger partial charge on any atom is -0.262 e. The van der Waals surface area contributed by atoms with Crippen LogP contribution in [0.4, 0.5) is 4.79 Å². The van der Waals surface area contributed by atoms with Crippen LogP contribution in [0.3, 0.4) is 0 Å². The first-order chi connectivity index (χ1) is 3.15. The van der Waals surface area contributed by atoms with E-state index in [1.807, 2.05) is 0 Å². The Hall–Kier alpha value is 0.790. The maximum atomic E-state index is 8.98. The first-order valence-corrected chi connectivity index (χ1v) is 2.47. The first-order valence-electron chi connectivity index (χ1n) is 0.960. The standard InChI is InChI=1S/CCl2O.Cl2HN/c2-1(3)4;1-3-2/h;3H. The predicted molar refractivity (Wildman–Crippen MR) is 31.9 cm³/mol. The number of rotatable bonds is 0. The van der Waals surface area contributed by atoms with E-state index < -0.39 is 4.70 Å². The van der Waals surface area contributed by atoms with Crippen molar-refractivity contribution in [1.82, 2.24) is 4.35 Å². The molecule has 0 spiro atoms. The van der Waals surface area contributed by atoms with Crippen molar-refractivity contribution in [3.8, 4) is 0 Å². The summed E-state index contributed by atoms with van der Waals surface area (Å²) in [5.41, 5.74) is 0. The van der Waals surface area contributed by atoms with E-state index in [1.54, 1.807) is 4.35 Å². The third-order valence-corrected chi connectivity index (χ3v) is 0. The summed E-state index contributed by atoms with van der Waals surface area (Å²) in [4.78, 5) is 8.98. The Kier molecular flexibility index (Phi) is 15.2. The van der Waals surface area contributed by atoms with E-state index in [-0.39, 0.29) is 0 Å². The van der Waals surface area contributed by atoms with Crippen molar-refractivity contribution in [2.24, 2.45) is 0 Å². The lowest BCUT2D eigenvalue weighted by Crippen LogP contribution is -1.59. The Labute approximate surface area is 60.9 Å². The lowest BCUT2D eigenvalue weighted by atomic mass is 11.8. The molecular formula is CHCl4NO. The van der Waals surface area contributed by atoms with Gasteiger partial charge in [-0.3, -0.25) is 4.79 Å². The SMILES string of the molecule is ClNCl.O=C(Cl)Cl. The summed E-state index contributed by atoms with van der Waals surface area (Å²) in [5, 5.41) is 0. The Morgan fingerprint density at radius 3 is 1.29 bits per heavy atom. The number of hydrogen-bond donors (Lipinski definition) is 1. The summed E-state index contributed by atoms with van der Waals surface area (Å²) in [5.74, 6) is 0. The zero-order valence-electron chi connectivity index (χ0n) is 2.92. The molecule has 0 saturated carbocycles. The quantitative estimate of drug-likeness (QED) is 0.463. The maximum absolute atomic E-state index is 8.98. The topological polar surface area (TPSA) is 29.1 Å². The average Bonchev–Trinajstić information content (AvgIpc) is 1.33. The van der Waals surface area contributed by atoms with Gasteiger partial charge >= 0.3 is 4.70 Å². The van der Waals surface area contributed by atoms with Gasteiger partial charge in [-0.25, -0.2) is 0 Å². The normalized spacial score (nSPS) is 6.29. The number of carbonyl (C=O) groups is 1. The van der Waals surface area contributed by atoms with E-state index in [9.17, 15) is 0 Å². The highest BCUT2D eigenvalue weighted by molar-refractivity contribution is 6.93. The molecule has 0 amide bonds.